The van der Waals surface area contributed by atoms with Crippen LogP contribution in [0, 0.1) is 18.8 Å². The van der Waals surface area contributed by atoms with Crippen molar-refractivity contribution in [2.75, 3.05) is 5.75 Å². The maximum absolute atomic E-state index is 13.0. The van der Waals surface area contributed by atoms with E-state index in [1.807, 2.05) is 13.8 Å². The Kier molecular flexibility index (Phi) is 5.65. The van der Waals surface area contributed by atoms with E-state index >= 15 is 0 Å². The topological polar surface area (TPSA) is 115 Å². The van der Waals surface area contributed by atoms with E-state index in [0.717, 1.165) is 37.7 Å². The molecule has 0 saturated heterocycles. The second-order valence-corrected chi connectivity index (χ2v) is 10.9. The van der Waals surface area contributed by atoms with Crippen LogP contribution >= 0.6 is 0 Å². The monoisotopic (exact) mass is 432 g/mol. The summed E-state index contributed by atoms with van der Waals surface area (Å²) in [5.41, 5.74) is 0.832. The van der Waals surface area contributed by atoms with Crippen molar-refractivity contribution in [2.24, 2.45) is 11.8 Å². The Morgan fingerprint density at radius 1 is 1.20 bits per heavy atom. The first-order valence-electron chi connectivity index (χ1n) is 10.6. The van der Waals surface area contributed by atoms with Crippen molar-refractivity contribution in [3.05, 3.63) is 35.1 Å². The van der Waals surface area contributed by atoms with Crippen LogP contribution in [-0.4, -0.2) is 35.2 Å². The lowest BCUT2D eigenvalue weighted by molar-refractivity contribution is 0.0925. The third-order valence-corrected chi connectivity index (χ3v) is 7.43. The standard InChI is InChI=1S/C21H28N4O4S/c1-12(2)11-30(27,28)21-16(15-6-7-15)8-9-17(24-21)20(26)23-18(10-14-4-5-14)19-22-13(3)29-25-19/h8-9,12,14-15,18H,4-7,10-11H2,1-3H3,(H,23,26)/t18-/m0/s1. The van der Waals surface area contributed by atoms with Gasteiger partial charge in [-0.1, -0.05) is 37.9 Å². The summed E-state index contributed by atoms with van der Waals surface area (Å²) in [6, 6.07) is 2.98. The van der Waals surface area contributed by atoms with Crippen LogP contribution < -0.4 is 5.32 Å². The average Bonchev–Trinajstić information content (AvgIpc) is 3.59. The van der Waals surface area contributed by atoms with Gasteiger partial charge in [0.1, 0.15) is 5.69 Å². The smallest absolute Gasteiger partial charge is 0.270 e. The van der Waals surface area contributed by atoms with E-state index < -0.39 is 15.7 Å². The number of amides is 1. The van der Waals surface area contributed by atoms with Gasteiger partial charge in [-0.2, -0.15) is 4.98 Å². The highest BCUT2D eigenvalue weighted by atomic mass is 32.2. The maximum Gasteiger partial charge on any atom is 0.270 e. The van der Waals surface area contributed by atoms with E-state index in [4.69, 9.17) is 4.52 Å². The molecule has 2 fully saturated rings. The number of nitrogens with zero attached hydrogens (tertiary/aromatic N) is 3. The summed E-state index contributed by atoms with van der Waals surface area (Å²) < 4.78 is 31.0. The first-order chi connectivity index (χ1) is 14.2. The van der Waals surface area contributed by atoms with Gasteiger partial charge in [0.25, 0.3) is 5.91 Å². The zero-order chi connectivity index (χ0) is 21.5. The van der Waals surface area contributed by atoms with Crippen molar-refractivity contribution in [3.63, 3.8) is 0 Å². The predicted molar refractivity (Wildman–Crippen MR) is 110 cm³/mol. The molecular weight excluding hydrogens is 404 g/mol. The van der Waals surface area contributed by atoms with Crippen LogP contribution in [0.5, 0.6) is 0 Å². The molecule has 8 nitrogen and oxygen atoms in total. The van der Waals surface area contributed by atoms with Crippen LogP contribution in [0.2, 0.25) is 0 Å². The molecule has 2 aromatic heterocycles. The number of aryl methyl sites for hydroxylation is 1. The Morgan fingerprint density at radius 2 is 1.93 bits per heavy atom. The van der Waals surface area contributed by atoms with Crippen molar-refractivity contribution < 1.29 is 17.7 Å². The number of sulfone groups is 1. The van der Waals surface area contributed by atoms with Gasteiger partial charge in [-0.15, -0.1) is 0 Å². The molecule has 1 atom stereocenters. The molecule has 30 heavy (non-hydrogen) atoms. The Balaban J connectivity index is 1.60. The number of nitrogens with one attached hydrogen (secondary N) is 1. The van der Waals surface area contributed by atoms with Crippen molar-refractivity contribution >= 4 is 15.7 Å². The summed E-state index contributed by atoms with van der Waals surface area (Å²) in [7, 11) is -3.57. The van der Waals surface area contributed by atoms with Gasteiger partial charge in [0.05, 0.1) is 11.8 Å². The van der Waals surface area contributed by atoms with Crippen LogP contribution in [0.15, 0.2) is 21.7 Å². The summed E-state index contributed by atoms with van der Waals surface area (Å²) in [6.45, 7) is 5.43. The van der Waals surface area contributed by atoms with E-state index in [1.165, 1.54) is 0 Å². The quantitative estimate of drug-likeness (QED) is 0.646. The van der Waals surface area contributed by atoms with Crippen molar-refractivity contribution in [1.29, 1.82) is 0 Å². The van der Waals surface area contributed by atoms with Gasteiger partial charge in [0.2, 0.25) is 5.89 Å². The molecule has 0 spiro atoms. The Hall–Kier alpha value is -2.29. The van der Waals surface area contributed by atoms with Crippen molar-refractivity contribution in [1.82, 2.24) is 20.4 Å². The SMILES string of the molecule is Cc1nc([C@H](CC2CC2)NC(=O)c2ccc(C3CC3)c(S(=O)(=O)CC(C)C)n2)no1. The van der Waals surface area contributed by atoms with Gasteiger partial charge in [-0.25, -0.2) is 13.4 Å². The zero-order valence-electron chi connectivity index (χ0n) is 17.6. The van der Waals surface area contributed by atoms with Crippen molar-refractivity contribution in [3.8, 4) is 0 Å². The summed E-state index contributed by atoms with van der Waals surface area (Å²) >= 11 is 0. The normalized spacial score (nSPS) is 17.9. The number of aromatic nitrogens is 3. The molecule has 0 aliphatic heterocycles. The molecule has 0 bridgehead atoms. The summed E-state index contributed by atoms with van der Waals surface area (Å²) in [5, 5.41) is 6.95. The summed E-state index contributed by atoms with van der Waals surface area (Å²) in [4.78, 5) is 21.6. The Bertz CT molecular complexity index is 1040. The van der Waals surface area contributed by atoms with Crippen LogP contribution in [-0.2, 0) is 9.84 Å². The maximum atomic E-state index is 13.0. The first-order valence-corrected chi connectivity index (χ1v) is 12.2. The van der Waals surface area contributed by atoms with Crippen LogP contribution in [0.25, 0.3) is 0 Å². The van der Waals surface area contributed by atoms with Gasteiger partial charge in [0, 0.05) is 6.92 Å². The highest BCUT2D eigenvalue weighted by Gasteiger charge is 2.34. The lowest BCUT2D eigenvalue weighted by atomic mass is 10.1. The molecule has 2 aliphatic carbocycles. The molecular formula is C21H28N4O4S. The fourth-order valence-electron chi connectivity index (χ4n) is 3.65. The molecule has 162 valence electrons. The van der Waals surface area contributed by atoms with Gasteiger partial charge >= 0.3 is 0 Å². The molecule has 2 heterocycles. The Labute approximate surface area is 176 Å². The van der Waals surface area contributed by atoms with Crippen LogP contribution in [0.3, 0.4) is 0 Å². The molecule has 1 amide bonds. The highest BCUT2D eigenvalue weighted by molar-refractivity contribution is 7.91. The molecule has 9 heteroatoms. The largest absolute Gasteiger partial charge is 0.341 e. The number of pyridine rings is 1. The fourth-order valence-corrected chi connectivity index (χ4v) is 5.52. The molecule has 1 N–H and O–H groups in total. The number of carbonyl (C=O) groups is 1. The predicted octanol–water partition coefficient (Wildman–Crippen LogP) is 3.35. The van der Waals surface area contributed by atoms with Gasteiger partial charge in [-0.3, -0.25) is 4.79 Å². The van der Waals surface area contributed by atoms with E-state index in [-0.39, 0.29) is 34.4 Å². The average molecular weight is 433 g/mol. The van der Waals surface area contributed by atoms with E-state index in [9.17, 15) is 13.2 Å². The summed E-state index contributed by atoms with van der Waals surface area (Å²) in [6.07, 6.45) is 4.88. The number of hydrogen-bond acceptors (Lipinski definition) is 7. The molecule has 0 aromatic carbocycles. The van der Waals surface area contributed by atoms with Gasteiger partial charge in [0.15, 0.2) is 20.7 Å². The summed E-state index contributed by atoms with van der Waals surface area (Å²) in [5.74, 6) is 1.19. The molecule has 2 saturated carbocycles. The lowest BCUT2D eigenvalue weighted by Gasteiger charge is -2.16. The highest BCUT2D eigenvalue weighted by Crippen LogP contribution is 2.43. The third-order valence-electron chi connectivity index (χ3n) is 5.41. The minimum atomic E-state index is -3.57. The molecule has 2 aliphatic rings. The second kappa shape index (κ2) is 8.09. The minimum absolute atomic E-state index is 0.0111. The van der Waals surface area contributed by atoms with Gasteiger partial charge < -0.3 is 9.84 Å². The molecule has 0 radical (unpaired) electrons. The Morgan fingerprint density at radius 3 is 2.50 bits per heavy atom. The zero-order valence-corrected chi connectivity index (χ0v) is 18.4. The second-order valence-electron chi connectivity index (χ2n) is 8.92. The fraction of sp³-hybridized carbons (Fsp3) is 0.619. The van der Waals surface area contributed by atoms with Crippen LogP contribution in [0.1, 0.15) is 85.7 Å². The number of carbonyl (C=O) groups excluding carboxylic acids is 1. The molecule has 2 aromatic rings. The third kappa shape index (κ3) is 4.88. The van der Waals surface area contributed by atoms with E-state index in [2.05, 4.69) is 20.4 Å². The van der Waals surface area contributed by atoms with E-state index in [1.54, 1.807) is 19.1 Å². The molecule has 0 unspecified atom stereocenters. The van der Waals surface area contributed by atoms with Crippen LogP contribution in [0.4, 0.5) is 0 Å². The number of rotatable bonds is 9. The van der Waals surface area contributed by atoms with Crippen molar-refractivity contribution in [2.45, 2.75) is 69.9 Å². The first kappa shape index (κ1) is 21.0. The van der Waals surface area contributed by atoms with E-state index in [0.29, 0.717) is 17.6 Å². The van der Waals surface area contributed by atoms with Gasteiger partial charge in [-0.05, 0) is 48.6 Å². The minimum Gasteiger partial charge on any atom is -0.341 e. The number of hydrogen-bond donors (Lipinski definition) is 1. The molecule has 4 rings (SSSR count). The lowest BCUT2D eigenvalue weighted by Crippen LogP contribution is -2.31.